The Morgan fingerprint density at radius 1 is 0.763 bits per heavy atom. The Morgan fingerprint density at radius 2 is 1.49 bits per heavy atom. The molecule has 5 rings (SSSR count). The highest BCUT2D eigenvalue weighted by molar-refractivity contribution is 6.39. The number of hydrogen-bond donors (Lipinski definition) is 1. The summed E-state index contributed by atoms with van der Waals surface area (Å²) >= 11 is 0. The number of ketones is 3. The summed E-state index contributed by atoms with van der Waals surface area (Å²) in [5, 5.41) is 12.2. The Bertz CT molecular complexity index is 2000. The zero-order valence-corrected chi connectivity index (χ0v) is 47.6. The van der Waals surface area contributed by atoms with Gasteiger partial charge in [-0.1, -0.05) is 71.1 Å². The predicted octanol–water partition coefficient (Wildman–Crippen LogP) is 7.29. The van der Waals surface area contributed by atoms with Crippen LogP contribution in [0, 0.1) is 35.5 Å². The van der Waals surface area contributed by atoms with Crippen LogP contribution < -0.4 is 0 Å². The number of amides is 1. The fraction of sp³-hybridized carbons (Fsp3) is 0.780. The van der Waals surface area contributed by atoms with E-state index in [1.54, 1.807) is 34.1 Å². The largest absolute Gasteiger partial charge is 0.460 e. The lowest BCUT2D eigenvalue weighted by atomic mass is 9.78. The zero-order valence-electron chi connectivity index (χ0n) is 47.6. The molecule has 17 nitrogen and oxygen atoms in total. The molecule has 17 heteroatoms. The molecule has 1 N–H and O–H groups in total. The fourth-order valence-electron chi connectivity index (χ4n) is 11.5. The van der Waals surface area contributed by atoms with Gasteiger partial charge in [-0.15, -0.1) is 0 Å². The van der Waals surface area contributed by atoms with Crippen molar-refractivity contribution in [3.8, 4) is 0 Å². The smallest absolute Gasteiger partial charge is 0.329 e. The van der Waals surface area contributed by atoms with Crippen molar-refractivity contribution in [3.63, 3.8) is 0 Å². The molecule has 1 amide bonds. The molecular formula is C59H93NO16. The molecule has 0 radical (unpaired) electrons. The number of methoxy groups -OCH3 is 4. The Balaban J connectivity index is 1.47. The molecule has 0 aromatic heterocycles. The summed E-state index contributed by atoms with van der Waals surface area (Å²) in [7, 11) is 6.31. The number of Topliss-reactive ketones (excluding diaryl/α,β-unsaturated/α-hetero) is 3. The summed E-state index contributed by atoms with van der Waals surface area (Å²) in [5.74, 6) is -7.52. The lowest BCUT2D eigenvalue weighted by molar-refractivity contribution is -0.266. The van der Waals surface area contributed by atoms with Crippen LogP contribution in [0.5, 0.6) is 0 Å². The highest BCUT2D eigenvalue weighted by Gasteiger charge is 2.53. The number of allylic oxidation sites excluding steroid dienone is 6. The maximum atomic E-state index is 14.7. The van der Waals surface area contributed by atoms with Crippen molar-refractivity contribution in [2.45, 2.75) is 186 Å². The Morgan fingerprint density at radius 3 is 2.17 bits per heavy atom. The maximum absolute atomic E-state index is 14.7. The summed E-state index contributed by atoms with van der Waals surface area (Å²) in [6, 6.07) is -1.14. The van der Waals surface area contributed by atoms with E-state index in [9.17, 15) is 29.1 Å². The number of ether oxygens (including phenoxy) is 10. The van der Waals surface area contributed by atoms with Gasteiger partial charge in [0.25, 0.3) is 11.7 Å². The number of hydrogen-bond acceptors (Lipinski definition) is 16. The van der Waals surface area contributed by atoms with Crippen molar-refractivity contribution < 1.29 is 76.4 Å². The van der Waals surface area contributed by atoms with Crippen molar-refractivity contribution in [2.24, 2.45) is 35.5 Å². The second kappa shape index (κ2) is 31.3. The maximum Gasteiger partial charge on any atom is 0.329 e. The molecule has 4 fully saturated rings. The summed E-state index contributed by atoms with van der Waals surface area (Å²) in [5.41, 5.74) is 1.52. The van der Waals surface area contributed by atoms with E-state index in [-0.39, 0.29) is 86.0 Å². The van der Waals surface area contributed by atoms with E-state index in [4.69, 9.17) is 47.4 Å². The van der Waals surface area contributed by atoms with E-state index in [1.807, 2.05) is 58.1 Å². The molecule has 430 valence electrons. The molecule has 0 aromatic carbocycles. The molecule has 0 aromatic rings. The van der Waals surface area contributed by atoms with Gasteiger partial charge in [-0.3, -0.25) is 19.2 Å². The lowest BCUT2D eigenvalue weighted by Gasteiger charge is -2.43. The van der Waals surface area contributed by atoms with E-state index in [2.05, 4.69) is 6.92 Å². The minimum Gasteiger partial charge on any atom is -0.460 e. The third kappa shape index (κ3) is 17.8. The number of carbonyl (C=O) groups excluding carboxylic acids is 5. The van der Waals surface area contributed by atoms with Crippen molar-refractivity contribution in [3.05, 3.63) is 47.6 Å². The van der Waals surface area contributed by atoms with Crippen LogP contribution in [0.1, 0.15) is 126 Å². The van der Waals surface area contributed by atoms with E-state index >= 15 is 0 Å². The highest BCUT2D eigenvalue weighted by Crippen LogP contribution is 2.38. The van der Waals surface area contributed by atoms with Gasteiger partial charge in [-0.2, -0.15) is 0 Å². The van der Waals surface area contributed by atoms with Gasteiger partial charge in [0.15, 0.2) is 5.78 Å². The van der Waals surface area contributed by atoms with Gasteiger partial charge in [-0.05, 0) is 107 Å². The Labute approximate surface area is 453 Å². The molecule has 2 bridgehead atoms. The third-order valence-electron chi connectivity index (χ3n) is 16.4. The number of piperidine rings is 1. The number of esters is 1. The Hall–Kier alpha value is -3.49. The van der Waals surface area contributed by atoms with Gasteiger partial charge in [0.05, 0.1) is 64.1 Å². The summed E-state index contributed by atoms with van der Waals surface area (Å²) in [6.45, 7) is 15.9. The molecule has 15 atom stereocenters. The van der Waals surface area contributed by atoms with Crippen LogP contribution in [0.25, 0.3) is 0 Å². The fourth-order valence-corrected chi connectivity index (χ4v) is 11.5. The van der Waals surface area contributed by atoms with Crippen LogP contribution in [-0.4, -0.2) is 175 Å². The second-order valence-electron chi connectivity index (χ2n) is 22.3. The van der Waals surface area contributed by atoms with Gasteiger partial charge in [0.2, 0.25) is 5.79 Å². The predicted molar refractivity (Wildman–Crippen MR) is 285 cm³/mol. The molecule has 0 unspecified atom stereocenters. The number of rotatable bonds is 15. The summed E-state index contributed by atoms with van der Waals surface area (Å²) < 4.78 is 59.2. The average Bonchev–Trinajstić information content (AvgIpc) is 3.39. The van der Waals surface area contributed by atoms with E-state index in [1.165, 1.54) is 19.1 Å². The average molecular weight is 1070 g/mol. The molecule has 4 aliphatic heterocycles. The zero-order chi connectivity index (χ0) is 55.5. The standard InChI is InChI=1S/C59H93NO16/c1-37-17-13-12-14-18-38(2)50(74-28-27-72-46-35-71-36-46)33-45-22-20-43(7)59(66,76-45)56(63)57(64)60-24-16-15-19-47(60)58(65)75-51(40(4)31-44-21-23-49(52(32-44)68-9)73-26-25-67-8)34-48(61)39(3)30-42(6)54(69-10)55(70-11)53(62)41(5)29-37/h12-14,17-18,30,37,39-41,43-47,49-52,54-55,66H,15-16,19-29,31-36H2,1-11H3/t37-,39-,40-,41-,43-,44+,45+,47+,49-,50+,51+,52-,54-,55+,59-/m1/s1. The van der Waals surface area contributed by atoms with Gasteiger partial charge in [0, 0.05) is 65.6 Å². The van der Waals surface area contributed by atoms with E-state index < -0.39 is 71.8 Å². The number of aliphatic hydroxyl groups is 1. The Kier molecular flexibility index (Phi) is 26.1. The van der Waals surface area contributed by atoms with Crippen LogP contribution >= 0.6 is 0 Å². The van der Waals surface area contributed by atoms with Gasteiger partial charge in [-0.25, -0.2) is 4.79 Å². The van der Waals surface area contributed by atoms with Crippen LogP contribution in [-0.2, 0) is 71.3 Å². The minimum atomic E-state index is -2.46. The lowest BCUT2D eigenvalue weighted by Crippen LogP contribution is -2.61. The first-order valence-corrected chi connectivity index (χ1v) is 28.1. The van der Waals surface area contributed by atoms with Gasteiger partial charge < -0.3 is 57.4 Å². The van der Waals surface area contributed by atoms with Crippen molar-refractivity contribution in [2.75, 3.05) is 74.6 Å². The second-order valence-corrected chi connectivity index (χ2v) is 22.3. The number of fused-ring (bicyclic) bond motifs is 3. The monoisotopic (exact) mass is 1070 g/mol. The number of cyclic esters (lactones) is 1. The molecule has 76 heavy (non-hydrogen) atoms. The first kappa shape index (κ1) is 63.3. The molecule has 0 spiro atoms. The van der Waals surface area contributed by atoms with Crippen LogP contribution in [0.15, 0.2) is 47.6 Å². The summed E-state index contributed by atoms with van der Waals surface area (Å²) in [6.07, 6.45) is 13.5. The highest BCUT2D eigenvalue weighted by atomic mass is 16.6. The molecule has 3 saturated heterocycles. The molecule has 5 aliphatic rings. The molecule has 4 heterocycles. The van der Waals surface area contributed by atoms with Gasteiger partial charge >= 0.3 is 5.97 Å². The quantitative estimate of drug-likeness (QED) is 0.0741. The number of carbonyl (C=O) groups is 5. The molecule has 1 saturated carbocycles. The van der Waals surface area contributed by atoms with Crippen LogP contribution in [0.3, 0.4) is 0 Å². The van der Waals surface area contributed by atoms with Crippen LogP contribution in [0.2, 0.25) is 0 Å². The molecular weight excluding hydrogens is 979 g/mol. The number of nitrogens with zero attached hydrogens (tertiary/aromatic N) is 1. The van der Waals surface area contributed by atoms with Crippen LogP contribution in [0.4, 0.5) is 0 Å². The third-order valence-corrected chi connectivity index (χ3v) is 16.4. The van der Waals surface area contributed by atoms with Gasteiger partial charge in [0.1, 0.15) is 36.2 Å². The topological polar surface area (TPSA) is 201 Å². The van der Waals surface area contributed by atoms with E-state index in [0.29, 0.717) is 83.6 Å². The summed E-state index contributed by atoms with van der Waals surface area (Å²) in [4.78, 5) is 73.5. The normalized spacial score (nSPS) is 35.2. The van der Waals surface area contributed by atoms with E-state index in [0.717, 1.165) is 18.4 Å². The first-order valence-electron chi connectivity index (χ1n) is 28.1. The van der Waals surface area contributed by atoms with Crippen molar-refractivity contribution in [1.82, 2.24) is 4.90 Å². The van der Waals surface area contributed by atoms with Crippen molar-refractivity contribution in [1.29, 1.82) is 0 Å². The SMILES string of the molecule is COCCO[C@@H]1CC[C@@H](C[C@@H](C)[C@@H]2CC(=O)[C@H](C)C=C(C)[C@@H](OC)[C@@H](OC)C(=O)[C@H](C)C[C@H](C)C=CC=CC=C(C)[C@@H](OCCOC3COC3)C[C@@H]3CC[C@@H](C)[C@@](O)(O3)C(=O)C(=O)N3CCCC[C@H]3C(=O)O2)C[C@H]1OC. The first-order chi connectivity index (χ1) is 36.3. The van der Waals surface area contributed by atoms with Crippen molar-refractivity contribution >= 4 is 29.2 Å². The minimum absolute atomic E-state index is 0.0240. The molecule has 1 aliphatic carbocycles.